The molecule has 0 radical (unpaired) electrons. The van der Waals surface area contributed by atoms with E-state index in [-0.39, 0.29) is 5.91 Å². The Morgan fingerprint density at radius 1 is 1.17 bits per heavy atom. The molecule has 1 aliphatic rings. The van der Waals surface area contributed by atoms with Crippen LogP contribution in [0.3, 0.4) is 0 Å². The van der Waals surface area contributed by atoms with Crippen LogP contribution in [-0.4, -0.2) is 11.8 Å². The molecule has 5 heteroatoms. The van der Waals surface area contributed by atoms with Crippen molar-refractivity contribution in [3.63, 3.8) is 0 Å². The van der Waals surface area contributed by atoms with Crippen LogP contribution in [0.4, 0.5) is 5.00 Å². The van der Waals surface area contributed by atoms with Gasteiger partial charge in [-0.3, -0.25) is 9.59 Å². The monoisotopic (exact) mass is 328 g/mol. The van der Waals surface area contributed by atoms with E-state index in [9.17, 15) is 9.59 Å². The topological polar surface area (TPSA) is 72.2 Å². The Hall–Kier alpha value is -2.14. The molecule has 0 bridgehead atoms. The second-order valence-corrected chi connectivity index (χ2v) is 7.09. The molecular weight excluding hydrogens is 308 g/mol. The Morgan fingerprint density at radius 3 is 2.57 bits per heavy atom. The van der Waals surface area contributed by atoms with E-state index in [4.69, 9.17) is 5.73 Å². The molecule has 23 heavy (non-hydrogen) atoms. The molecule has 0 saturated heterocycles. The highest BCUT2D eigenvalue weighted by molar-refractivity contribution is 7.17. The lowest BCUT2D eigenvalue weighted by Gasteiger charge is -2.11. The molecule has 4 nitrogen and oxygen atoms in total. The molecule has 0 saturated carbocycles. The second kappa shape index (κ2) is 6.54. The lowest BCUT2D eigenvalue weighted by molar-refractivity contribution is -0.115. The molecule has 1 aromatic heterocycles. The van der Waals surface area contributed by atoms with E-state index in [1.807, 2.05) is 31.2 Å². The van der Waals surface area contributed by atoms with Crippen molar-refractivity contribution in [3.05, 3.63) is 51.4 Å². The number of nitrogens with two attached hydrogens (primary N) is 1. The van der Waals surface area contributed by atoms with Crippen molar-refractivity contribution in [2.24, 2.45) is 5.73 Å². The highest BCUT2D eigenvalue weighted by atomic mass is 32.1. The van der Waals surface area contributed by atoms with E-state index in [0.29, 0.717) is 17.0 Å². The first-order valence-electron chi connectivity index (χ1n) is 7.84. The van der Waals surface area contributed by atoms with Crippen LogP contribution in [0.2, 0.25) is 0 Å². The number of aryl methyl sites for hydroxylation is 2. The van der Waals surface area contributed by atoms with Crippen molar-refractivity contribution >= 4 is 28.2 Å². The van der Waals surface area contributed by atoms with Gasteiger partial charge in [0.1, 0.15) is 5.00 Å². The lowest BCUT2D eigenvalue weighted by atomic mass is 9.95. The Kier molecular flexibility index (Phi) is 4.48. The number of benzene rings is 1. The number of thiophene rings is 1. The molecule has 3 rings (SSSR count). The number of carbonyl (C=O) groups excluding carboxylic acids is 2. The van der Waals surface area contributed by atoms with E-state index in [1.54, 1.807) is 0 Å². The summed E-state index contributed by atoms with van der Waals surface area (Å²) >= 11 is 1.50. The predicted octanol–water partition coefficient (Wildman–Crippen LogP) is 3.22. The van der Waals surface area contributed by atoms with Crippen molar-refractivity contribution in [1.29, 1.82) is 0 Å². The average molecular weight is 328 g/mol. The van der Waals surface area contributed by atoms with Crippen molar-refractivity contribution in [1.82, 2.24) is 0 Å². The fourth-order valence-electron chi connectivity index (χ4n) is 2.98. The van der Waals surface area contributed by atoms with Crippen LogP contribution in [0.25, 0.3) is 0 Å². The summed E-state index contributed by atoms with van der Waals surface area (Å²) in [5.41, 5.74) is 9.22. The number of primary amides is 1. The van der Waals surface area contributed by atoms with Gasteiger partial charge in [0, 0.05) is 4.88 Å². The second-order valence-electron chi connectivity index (χ2n) is 5.99. The third-order valence-corrected chi connectivity index (χ3v) is 5.36. The minimum atomic E-state index is -0.449. The van der Waals surface area contributed by atoms with Gasteiger partial charge in [-0.15, -0.1) is 11.3 Å². The zero-order chi connectivity index (χ0) is 16.4. The number of hydrogen-bond donors (Lipinski definition) is 2. The largest absolute Gasteiger partial charge is 0.365 e. The Morgan fingerprint density at radius 2 is 1.87 bits per heavy atom. The summed E-state index contributed by atoms with van der Waals surface area (Å²) in [6, 6.07) is 7.87. The summed E-state index contributed by atoms with van der Waals surface area (Å²) in [5.74, 6) is -0.565. The van der Waals surface area contributed by atoms with Gasteiger partial charge in [0.05, 0.1) is 12.0 Å². The molecule has 0 spiro atoms. The minimum Gasteiger partial charge on any atom is -0.365 e. The van der Waals surface area contributed by atoms with Gasteiger partial charge in [-0.1, -0.05) is 29.8 Å². The standard InChI is InChI=1S/C18H20N2O2S/c1-11-6-8-12(9-7-11)10-15(21)20-18-16(17(19)22)13-4-2-3-5-14(13)23-18/h6-9H,2-5,10H2,1H3,(H2,19,22)(H,20,21). The van der Waals surface area contributed by atoms with Crippen LogP contribution in [0.15, 0.2) is 24.3 Å². The fourth-order valence-corrected chi connectivity index (χ4v) is 4.29. The molecule has 0 unspecified atom stereocenters. The van der Waals surface area contributed by atoms with Gasteiger partial charge >= 0.3 is 0 Å². The molecule has 1 aromatic carbocycles. The summed E-state index contributed by atoms with van der Waals surface area (Å²) in [6.07, 6.45) is 4.33. The minimum absolute atomic E-state index is 0.116. The molecule has 2 aromatic rings. The maximum Gasteiger partial charge on any atom is 0.251 e. The van der Waals surface area contributed by atoms with E-state index in [1.165, 1.54) is 16.2 Å². The maximum absolute atomic E-state index is 12.3. The number of nitrogens with one attached hydrogen (secondary N) is 1. The van der Waals surface area contributed by atoms with Gasteiger partial charge in [0.2, 0.25) is 5.91 Å². The Balaban J connectivity index is 1.79. The first-order chi connectivity index (χ1) is 11.0. The number of fused-ring (bicyclic) bond motifs is 1. The van der Waals surface area contributed by atoms with Crippen molar-refractivity contribution in [3.8, 4) is 0 Å². The Labute approximate surface area is 139 Å². The van der Waals surface area contributed by atoms with Crippen LogP contribution in [0.1, 0.15) is 44.8 Å². The van der Waals surface area contributed by atoms with Crippen LogP contribution < -0.4 is 11.1 Å². The third kappa shape index (κ3) is 3.45. The molecular formula is C18H20N2O2S. The highest BCUT2D eigenvalue weighted by Crippen LogP contribution is 2.37. The Bertz CT molecular complexity index is 747. The maximum atomic E-state index is 12.3. The van der Waals surface area contributed by atoms with Crippen LogP contribution in [0.5, 0.6) is 0 Å². The number of anilines is 1. The zero-order valence-electron chi connectivity index (χ0n) is 13.1. The quantitative estimate of drug-likeness (QED) is 0.904. The van der Waals surface area contributed by atoms with Crippen LogP contribution in [-0.2, 0) is 24.1 Å². The molecule has 0 atom stereocenters. The molecule has 1 heterocycles. The fraction of sp³-hybridized carbons (Fsp3) is 0.333. The zero-order valence-corrected chi connectivity index (χ0v) is 14.0. The average Bonchev–Trinajstić information content (AvgIpc) is 2.87. The van der Waals surface area contributed by atoms with E-state index >= 15 is 0 Å². The summed E-state index contributed by atoms with van der Waals surface area (Å²) < 4.78 is 0. The number of amides is 2. The summed E-state index contributed by atoms with van der Waals surface area (Å²) in [4.78, 5) is 25.3. The smallest absolute Gasteiger partial charge is 0.251 e. The summed E-state index contributed by atoms with van der Waals surface area (Å²) in [6.45, 7) is 2.01. The van der Waals surface area contributed by atoms with Gasteiger partial charge in [-0.25, -0.2) is 0 Å². The summed E-state index contributed by atoms with van der Waals surface area (Å²) in [5, 5.41) is 3.50. The van der Waals surface area contributed by atoms with Crippen molar-refractivity contribution in [2.45, 2.75) is 39.0 Å². The first kappa shape index (κ1) is 15.7. The number of rotatable bonds is 4. The van der Waals surface area contributed by atoms with Gasteiger partial charge in [-0.2, -0.15) is 0 Å². The van der Waals surface area contributed by atoms with Crippen molar-refractivity contribution in [2.75, 3.05) is 5.32 Å². The third-order valence-electron chi connectivity index (χ3n) is 4.16. The number of hydrogen-bond acceptors (Lipinski definition) is 3. The normalized spacial score (nSPS) is 13.4. The first-order valence-corrected chi connectivity index (χ1v) is 8.66. The lowest BCUT2D eigenvalue weighted by Crippen LogP contribution is -2.19. The van der Waals surface area contributed by atoms with Crippen LogP contribution in [0, 0.1) is 6.92 Å². The SMILES string of the molecule is Cc1ccc(CC(=O)Nc2sc3c(c2C(N)=O)CCCC3)cc1. The van der Waals surface area contributed by atoms with E-state index in [0.717, 1.165) is 42.4 Å². The van der Waals surface area contributed by atoms with Gasteiger partial charge in [-0.05, 0) is 43.7 Å². The van der Waals surface area contributed by atoms with Crippen molar-refractivity contribution < 1.29 is 9.59 Å². The predicted molar refractivity (Wildman–Crippen MR) is 93.0 cm³/mol. The van der Waals surface area contributed by atoms with Crippen LogP contribution >= 0.6 is 11.3 Å². The van der Waals surface area contributed by atoms with Gasteiger partial charge in [0.15, 0.2) is 0 Å². The molecule has 2 amide bonds. The molecule has 0 aliphatic heterocycles. The molecule has 120 valence electrons. The van der Waals surface area contributed by atoms with Gasteiger partial charge < -0.3 is 11.1 Å². The van der Waals surface area contributed by atoms with E-state index in [2.05, 4.69) is 5.32 Å². The summed E-state index contributed by atoms with van der Waals surface area (Å²) in [7, 11) is 0. The highest BCUT2D eigenvalue weighted by Gasteiger charge is 2.24. The number of carbonyl (C=O) groups is 2. The van der Waals surface area contributed by atoms with E-state index < -0.39 is 5.91 Å². The molecule has 1 aliphatic carbocycles. The molecule has 0 fully saturated rings. The van der Waals surface area contributed by atoms with Gasteiger partial charge in [0.25, 0.3) is 5.91 Å². The molecule has 3 N–H and O–H groups in total.